The van der Waals surface area contributed by atoms with Gasteiger partial charge in [-0.1, -0.05) is 6.07 Å². The van der Waals surface area contributed by atoms with Crippen LogP contribution in [0.15, 0.2) is 46.7 Å². The molecule has 0 radical (unpaired) electrons. The second-order valence-corrected chi connectivity index (χ2v) is 7.19. The number of carbonyl (C=O) groups excluding carboxylic acids is 1. The Bertz CT molecular complexity index is 710. The van der Waals surface area contributed by atoms with Gasteiger partial charge in [0.2, 0.25) is 10.0 Å². The van der Waals surface area contributed by atoms with Gasteiger partial charge in [-0.3, -0.25) is 9.63 Å². The van der Waals surface area contributed by atoms with Crippen molar-refractivity contribution in [2.75, 3.05) is 13.7 Å². The van der Waals surface area contributed by atoms with Crippen LogP contribution in [0.5, 0.6) is 0 Å². The molecule has 2 aromatic rings. The average Bonchev–Trinajstić information content (AvgIpc) is 3.01. The first kappa shape index (κ1) is 16.6. The van der Waals surface area contributed by atoms with E-state index in [1.54, 1.807) is 11.3 Å². The van der Waals surface area contributed by atoms with Crippen molar-refractivity contribution in [3.05, 3.63) is 52.2 Å². The Kier molecular flexibility index (Phi) is 5.67. The van der Waals surface area contributed by atoms with Gasteiger partial charge in [0, 0.05) is 17.0 Å². The van der Waals surface area contributed by atoms with Crippen LogP contribution < -0.4 is 10.2 Å². The number of amides is 1. The number of carbonyl (C=O) groups is 1. The Morgan fingerprint density at radius 3 is 2.55 bits per heavy atom. The Morgan fingerprint density at radius 1 is 1.23 bits per heavy atom. The van der Waals surface area contributed by atoms with Crippen LogP contribution in [0.4, 0.5) is 0 Å². The molecule has 0 bridgehead atoms. The van der Waals surface area contributed by atoms with Crippen molar-refractivity contribution in [3.8, 4) is 0 Å². The maximum atomic E-state index is 12.1. The van der Waals surface area contributed by atoms with E-state index in [1.165, 1.54) is 31.4 Å². The van der Waals surface area contributed by atoms with Gasteiger partial charge in [-0.2, -0.15) is 0 Å². The molecule has 0 aliphatic rings. The van der Waals surface area contributed by atoms with Crippen LogP contribution in [0.1, 0.15) is 15.2 Å². The van der Waals surface area contributed by atoms with E-state index in [1.807, 2.05) is 17.5 Å². The molecule has 0 unspecified atom stereocenters. The number of benzene rings is 1. The third-order valence-electron chi connectivity index (χ3n) is 2.87. The summed E-state index contributed by atoms with van der Waals surface area (Å²) < 4.78 is 26.8. The lowest BCUT2D eigenvalue weighted by Crippen LogP contribution is -2.26. The molecule has 1 heterocycles. The summed E-state index contributed by atoms with van der Waals surface area (Å²) in [5.74, 6) is -0.433. The predicted molar refractivity (Wildman–Crippen MR) is 84.1 cm³/mol. The van der Waals surface area contributed by atoms with Crippen LogP contribution in [0, 0.1) is 0 Å². The van der Waals surface area contributed by atoms with Gasteiger partial charge < -0.3 is 0 Å². The van der Waals surface area contributed by atoms with Crippen molar-refractivity contribution < 1.29 is 18.0 Å². The molecule has 1 amide bonds. The summed E-state index contributed by atoms with van der Waals surface area (Å²) in [6, 6.07) is 9.53. The van der Waals surface area contributed by atoms with Gasteiger partial charge >= 0.3 is 0 Å². The minimum absolute atomic E-state index is 0.118. The molecule has 0 atom stereocenters. The molecular weight excluding hydrogens is 324 g/mol. The van der Waals surface area contributed by atoms with Gasteiger partial charge in [0.25, 0.3) is 5.91 Å². The number of hydrogen-bond acceptors (Lipinski definition) is 5. The van der Waals surface area contributed by atoms with E-state index in [2.05, 4.69) is 15.0 Å². The van der Waals surface area contributed by atoms with Crippen molar-refractivity contribution in [3.63, 3.8) is 0 Å². The topological polar surface area (TPSA) is 84.5 Å². The van der Waals surface area contributed by atoms with Gasteiger partial charge in [0.15, 0.2) is 0 Å². The molecule has 2 N–H and O–H groups in total. The second-order valence-electron chi connectivity index (χ2n) is 4.39. The summed E-state index contributed by atoms with van der Waals surface area (Å²) in [6.45, 7) is 0.328. The van der Waals surface area contributed by atoms with Crippen LogP contribution in [-0.2, 0) is 21.3 Å². The third kappa shape index (κ3) is 4.38. The Hall–Kier alpha value is -1.74. The number of thiophene rings is 1. The van der Waals surface area contributed by atoms with E-state index in [9.17, 15) is 13.2 Å². The molecule has 0 spiro atoms. The summed E-state index contributed by atoms with van der Waals surface area (Å²) in [7, 11) is -2.25. The van der Waals surface area contributed by atoms with Crippen molar-refractivity contribution in [1.29, 1.82) is 0 Å². The maximum Gasteiger partial charge on any atom is 0.274 e. The standard InChI is InChI=1S/C14H16N2O4S2/c1-20-16-14(17)11-4-6-13(7-5-11)22(18,19)15-9-8-12-3-2-10-21-12/h2-7,10,15H,8-9H2,1H3,(H,16,17). The lowest BCUT2D eigenvalue weighted by molar-refractivity contribution is 0.0537. The van der Waals surface area contributed by atoms with Crippen molar-refractivity contribution >= 4 is 27.3 Å². The monoisotopic (exact) mass is 340 g/mol. The number of rotatable bonds is 7. The largest absolute Gasteiger partial charge is 0.277 e. The Balaban J connectivity index is 1.98. The number of sulfonamides is 1. The quantitative estimate of drug-likeness (QED) is 0.749. The Morgan fingerprint density at radius 2 is 1.95 bits per heavy atom. The normalized spacial score (nSPS) is 11.3. The zero-order valence-electron chi connectivity index (χ0n) is 11.9. The molecule has 0 saturated heterocycles. The highest BCUT2D eigenvalue weighted by atomic mass is 32.2. The average molecular weight is 340 g/mol. The van der Waals surface area contributed by atoms with Crippen LogP contribution >= 0.6 is 11.3 Å². The van der Waals surface area contributed by atoms with E-state index in [0.29, 0.717) is 18.5 Å². The highest BCUT2D eigenvalue weighted by Crippen LogP contribution is 2.12. The molecule has 6 nitrogen and oxygen atoms in total. The number of nitrogens with one attached hydrogen (secondary N) is 2. The fourth-order valence-electron chi connectivity index (χ4n) is 1.78. The van der Waals surface area contributed by atoms with Gasteiger partial charge in [-0.05, 0) is 42.1 Å². The van der Waals surface area contributed by atoms with E-state index < -0.39 is 15.9 Å². The molecule has 22 heavy (non-hydrogen) atoms. The van der Waals surface area contributed by atoms with Crippen molar-refractivity contribution in [1.82, 2.24) is 10.2 Å². The molecular formula is C14H16N2O4S2. The summed E-state index contributed by atoms with van der Waals surface area (Å²) >= 11 is 1.59. The minimum Gasteiger partial charge on any atom is -0.277 e. The molecule has 8 heteroatoms. The SMILES string of the molecule is CONC(=O)c1ccc(S(=O)(=O)NCCc2cccs2)cc1. The third-order valence-corrected chi connectivity index (χ3v) is 5.28. The molecule has 1 aromatic carbocycles. The molecule has 2 rings (SSSR count). The number of hydrogen-bond donors (Lipinski definition) is 2. The van der Waals surface area contributed by atoms with E-state index >= 15 is 0 Å². The van der Waals surface area contributed by atoms with Crippen LogP contribution in [-0.4, -0.2) is 28.0 Å². The van der Waals surface area contributed by atoms with Gasteiger partial charge in [-0.25, -0.2) is 18.6 Å². The van der Waals surface area contributed by atoms with Crippen molar-refractivity contribution in [2.24, 2.45) is 0 Å². The van der Waals surface area contributed by atoms with Gasteiger partial charge in [0.1, 0.15) is 0 Å². The van der Waals surface area contributed by atoms with Crippen LogP contribution in [0.25, 0.3) is 0 Å². The minimum atomic E-state index is -3.58. The summed E-state index contributed by atoms with van der Waals surface area (Å²) in [5, 5.41) is 1.95. The first-order chi connectivity index (χ1) is 10.5. The molecule has 1 aromatic heterocycles. The zero-order valence-corrected chi connectivity index (χ0v) is 13.5. The van der Waals surface area contributed by atoms with E-state index in [4.69, 9.17) is 0 Å². The highest BCUT2D eigenvalue weighted by Gasteiger charge is 2.14. The maximum absolute atomic E-state index is 12.1. The first-order valence-electron chi connectivity index (χ1n) is 6.48. The molecule has 118 valence electrons. The van der Waals surface area contributed by atoms with E-state index in [-0.39, 0.29) is 4.90 Å². The van der Waals surface area contributed by atoms with Crippen LogP contribution in [0.2, 0.25) is 0 Å². The lowest BCUT2D eigenvalue weighted by atomic mass is 10.2. The summed E-state index contributed by atoms with van der Waals surface area (Å²) in [4.78, 5) is 17.3. The molecule has 0 fully saturated rings. The van der Waals surface area contributed by atoms with Gasteiger partial charge in [-0.15, -0.1) is 11.3 Å². The molecule has 0 saturated carbocycles. The van der Waals surface area contributed by atoms with Crippen LogP contribution in [0.3, 0.4) is 0 Å². The lowest BCUT2D eigenvalue weighted by Gasteiger charge is -2.07. The summed E-state index contributed by atoms with van der Waals surface area (Å²) in [5.41, 5.74) is 2.49. The fourth-order valence-corrected chi connectivity index (χ4v) is 3.52. The molecule has 0 aliphatic heterocycles. The number of hydroxylamine groups is 1. The first-order valence-corrected chi connectivity index (χ1v) is 8.84. The van der Waals surface area contributed by atoms with Gasteiger partial charge in [0.05, 0.1) is 12.0 Å². The molecule has 0 aliphatic carbocycles. The second kappa shape index (κ2) is 7.50. The zero-order chi connectivity index (χ0) is 16.0. The fraction of sp³-hybridized carbons (Fsp3) is 0.214. The predicted octanol–water partition coefficient (Wildman–Crippen LogP) is 1.56. The van der Waals surface area contributed by atoms with Crippen molar-refractivity contribution in [2.45, 2.75) is 11.3 Å². The summed E-state index contributed by atoms with van der Waals surface area (Å²) in [6.07, 6.45) is 0.644. The Labute approximate surface area is 133 Å². The highest BCUT2D eigenvalue weighted by molar-refractivity contribution is 7.89. The van der Waals surface area contributed by atoms with E-state index in [0.717, 1.165) is 4.88 Å². The smallest absolute Gasteiger partial charge is 0.274 e.